The molecule has 19 heavy (non-hydrogen) atoms. The molecule has 2 fully saturated rings. The number of rotatable bonds is 5. The lowest BCUT2D eigenvalue weighted by molar-refractivity contribution is 0.118. The molecule has 1 N–H and O–H groups in total. The first kappa shape index (κ1) is 13.2. The van der Waals surface area contributed by atoms with E-state index >= 15 is 0 Å². The maximum absolute atomic E-state index is 9.68. The van der Waals surface area contributed by atoms with Crippen LogP contribution in [0.4, 0.5) is 0 Å². The summed E-state index contributed by atoms with van der Waals surface area (Å²) in [5, 5.41) is 14.5. The molecule has 3 heteroatoms. The molecule has 1 aromatic heterocycles. The van der Waals surface area contributed by atoms with Gasteiger partial charge in [0.2, 0.25) is 0 Å². The van der Waals surface area contributed by atoms with E-state index in [1.165, 1.54) is 44.9 Å². The summed E-state index contributed by atoms with van der Waals surface area (Å²) in [5.74, 6) is 0.706. The summed E-state index contributed by atoms with van der Waals surface area (Å²) in [4.78, 5) is 0. The third-order valence-corrected chi connectivity index (χ3v) is 5.12. The van der Waals surface area contributed by atoms with Gasteiger partial charge in [0.05, 0.1) is 11.7 Å². The van der Waals surface area contributed by atoms with E-state index in [0.29, 0.717) is 12.0 Å². The summed E-state index contributed by atoms with van der Waals surface area (Å²) in [5.41, 5.74) is 1.21. The van der Waals surface area contributed by atoms with Gasteiger partial charge in [0.25, 0.3) is 0 Å². The molecule has 2 saturated carbocycles. The Hall–Kier alpha value is -0.830. The normalized spacial score (nSPS) is 24.3. The van der Waals surface area contributed by atoms with Gasteiger partial charge in [-0.2, -0.15) is 5.10 Å². The zero-order valence-corrected chi connectivity index (χ0v) is 12.0. The molecular weight excluding hydrogens is 236 g/mol. The van der Waals surface area contributed by atoms with E-state index in [4.69, 9.17) is 5.10 Å². The molecule has 3 nitrogen and oxygen atoms in total. The number of nitrogens with zero attached hydrogens (tertiary/aromatic N) is 2. The Kier molecular flexibility index (Phi) is 3.66. The summed E-state index contributed by atoms with van der Waals surface area (Å²) in [6.45, 7) is 2.50. The molecular formula is C16H26N2O. The minimum Gasteiger partial charge on any atom is -0.396 e. The monoisotopic (exact) mass is 262 g/mol. The first-order chi connectivity index (χ1) is 9.21. The van der Waals surface area contributed by atoms with Crippen molar-refractivity contribution in [1.29, 1.82) is 0 Å². The number of aliphatic hydroxyl groups excluding tert-OH is 1. The molecule has 1 aromatic rings. The van der Waals surface area contributed by atoms with Gasteiger partial charge in [0.15, 0.2) is 0 Å². The Labute approximate surface area is 116 Å². The maximum Gasteiger partial charge on any atom is 0.0631 e. The summed E-state index contributed by atoms with van der Waals surface area (Å²) in [6.07, 6.45) is 12.3. The molecule has 106 valence electrons. The van der Waals surface area contributed by atoms with Gasteiger partial charge in [-0.05, 0) is 49.5 Å². The Morgan fingerprint density at radius 1 is 1.26 bits per heavy atom. The predicted octanol–water partition coefficient (Wildman–Crippen LogP) is 3.34. The summed E-state index contributed by atoms with van der Waals surface area (Å²) in [6, 6.07) is 2.77. The van der Waals surface area contributed by atoms with E-state index in [9.17, 15) is 5.11 Å². The Bertz CT molecular complexity index is 418. The van der Waals surface area contributed by atoms with Crippen LogP contribution in [-0.2, 0) is 6.42 Å². The second-order valence-electron chi connectivity index (χ2n) is 6.84. The Morgan fingerprint density at radius 3 is 2.63 bits per heavy atom. The van der Waals surface area contributed by atoms with Crippen LogP contribution in [0.3, 0.4) is 0 Å². The Balaban J connectivity index is 1.67. The maximum atomic E-state index is 9.68. The molecule has 0 aliphatic heterocycles. The van der Waals surface area contributed by atoms with Crippen LogP contribution >= 0.6 is 0 Å². The minimum atomic E-state index is 0.0474. The average molecular weight is 262 g/mol. The second-order valence-corrected chi connectivity index (χ2v) is 6.84. The molecule has 0 aromatic carbocycles. The third-order valence-electron chi connectivity index (χ3n) is 5.12. The van der Waals surface area contributed by atoms with E-state index in [1.54, 1.807) is 0 Å². The molecule has 1 atom stereocenters. The van der Waals surface area contributed by atoms with Gasteiger partial charge in [-0.1, -0.05) is 26.2 Å². The number of aliphatic hydroxyl groups is 1. The van der Waals surface area contributed by atoms with Gasteiger partial charge in [-0.3, -0.25) is 4.68 Å². The van der Waals surface area contributed by atoms with Crippen molar-refractivity contribution in [1.82, 2.24) is 9.78 Å². The van der Waals surface area contributed by atoms with Crippen LogP contribution in [0.5, 0.6) is 0 Å². The number of hydrogen-bond acceptors (Lipinski definition) is 2. The molecule has 0 amide bonds. The van der Waals surface area contributed by atoms with Gasteiger partial charge in [0.1, 0.15) is 0 Å². The fourth-order valence-corrected chi connectivity index (χ4v) is 3.54. The molecule has 0 spiro atoms. The molecule has 0 radical (unpaired) electrons. The van der Waals surface area contributed by atoms with E-state index < -0.39 is 0 Å². The zero-order chi connectivity index (χ0) is 13.3. The summed E-state index contributed by atoms with van der Waals surface area (Å²) < 4.78 is 2.18. The van der Waals surface area contributed by atoms with Gasteiger partial charge >= 0.3 is 0 Å². The third kappa shape index (κ3) is 2.86. The van der Waals surface area contributed by atoms with Gasteiger partial charge in [-0.15, -0.1) is 0 Å². The highest BCUT2D eigenvalue weighted by Crippen LogP contribution is 2.46. The van der Waals surface area contributed by atoms with Crippen molar-refractivity contribution < 1.29 is 5.11 Å². The zero-order valence-electron chi connectivity index (χ0n) is 12.0. The van der Waals surface area contributed by atoms with Crippen molar-refractivity contribution in [3.05, 3.63) is 18.0 Å². The van der Waals surface area contributed by atoms with Crippen molar-refractivity contribution in [2.75, 3.05) is 6.61 Å². The first-order valence-corrected chi connectivity index (χ1v) is 7.86. The second kappa shape index (κ2) is 5.28. The Morgan fingerprint density at radius 2 is 2.00 bits per heavy atom. The summed E-state index contributed by atoms with van der Waals surface area (Å²) in [7, 11) is 0. The molecule has 3 rings (SSSR count). The standard InChI is InChI=1S/C16H26N2O/c1-16(12-19,13-7-8-13)11-14-9-10-18(17-14)15-5-3-2-4-6-15/h9-10,13,15,19H,2-8,11-12H2,1H3. The summed E-state index contributed by atoms with van der Waals surface area (Å²) >= 11 is 0. The van der Waals surface area contributed by atoms with Crippen LogP contribution in [0.1, 0.15) is 63.6 Å². The fraction of sp³-hybridized carbons (Fsp3) is 0.812. The SMILES string of the molecule is CC(CO)(Cc1ccn(C2CCCCC2)n1)C1CC1. The van der Waals surface area contributed by atoms with E-state index in [0.717, 1.165) is 12.1 Å². The van der Waals surface area contributed by atoms with E-state index in [2.05, 4.69) is 23.9 Å². The first-order valence-electron chi connectivity index (χ1n) is 7.86. The highest BCUT2D eigenvalue weighted by Gasteiger charge is 2.41. The van der Waals surface area contributed by atoms with Crippen LogP contribution < -0.4 is 0 Å². The van der Waals surface area contributed by atoms with Crippen LogP contribution in [0.2, 0.25) is 0 Å². The van der Waals surface area contributed by atoms with Gasteiger partial charge in [0, 0.05) is 12.8 Å². The minimum absolute atomic E-state index is 0.0474. The van der Waals surface area contributed by atoms with Crippen molar-refractivity contribution in [3.63, 3.8) is 0 Å². The van der Waals surface area contributed by atoms with E-state index in [1.807, 2.05) is 0 Å². The van der Waals surface area contributed by atoms with Gasteiger partial charge in [-0.25, -0.2) is 0 Å². The highest BCUT2D eigenvalue weighted by atomic mass is 16.3. The topological polar surface area (TPSA) is 38.0 Å². The van der Waals surface area contributed by atoms with Crippen molar-refractivity contribution in [2.24, 2.45) is 11.3 Å². The molecule has 2 aliphatic carbocycles. The number of aromatic nitrogens is 2. The van der Waals surface area contributed by atoms with Crippen molar-refractivity contribution >= 4 is 0 Å². The molecule has 0 saturated heterocycles. The van der Waals surface area contributed by atoms with E-state index in [-0.39, 0.29) is 12.0 Å². The van der Waals surface area contributed by atoms with Crippen LogP contribution in [-0.4, -0.2) is 21.5 Å². The lowest BCUT2D eigenvalue weighted by atomic mass is 9.81. The van der Waals surface area contributed by atoms with Crippen LogP contribution in [0.25, 0.3) is 0 Å². The predicted molar refractivity (Wildman–Crippen MR) is 76.0 cm³/mol. The molecule has 1 heterocycles. The largest absolute Gasteiger partial charge is 0.396 e. The van der Waals surface area contributed by atoms with Crippen molar-refractivity contribution in [2.45, 2.75) is 64.3 Å². The fourth-order valence-electron chi connectivity index (χ4n) is 3.54. The van der Waals surface area contributed by atoms with Crippen molar-refractivity contribution in [3.8, 4) is 0 Å². The highest BCUT2D eigenvalue weighted by molar-refractivity contribution is 5.06. The molecule has 1 unspecified atom stereocenters. The van der Waals surface area contributed by atoms with Gasteiger partial charge < -0.3 is 5.11 Å². The molecule has 2 aliphatic rings. The average Bonchev–Trinajstić information content (AvgIpc) is 3.21. The number of hydrogen-bond donors (Lipinski definition) is 1. The lowest BCUT2D eigenvalue weighted by Gasteiger charge is -2.26. The molecule has 0 bridgehead atoms. The van der Waals surface area contributed by atoms with Crippen LogP contribution in [0, 0.1) is 11.3 Å². The lowest BCUT2D eigenvalue weighted by Crippen LogP contribution is -2.27. The smallest absolute Gasteiger partial charge is 0.0631 e. The van der Waals surface area contributed by atoms with Crippen LogP contribution in [0.15, 0.2) is 12.3 Å². The quantitative estimate of drug-likeness (QED) is 0.883.